The Hall–Kier alpha value is -0.940. The van der Waals surface area contributed by atoms with Gasteiger partial charge in [0.05, 0.1) is 11.2 Å². The van der Waals surface area contributed by atoms with Gasteiger partial charge in [-0.15, -0.1) is 0 Å². The molecule has 0 aromatic carbocycles. The van der Waals surface area contributed by atoms with Crippen molar-refractivity contribution < 1.29 is 0 Å². The number of nitrogens with two attached hydrogens (primary N) is 1. The monoisotopic (exact) mass is 254 g/mol. The first-order valence-corrected chi connectivity index (χ1v) is 6.36. The summed E-state index contributed by atoms with van der Waals surface area (Å²) in [4.78, 5) is 2.96. The molecule has 0 aliphatic rings. The smallest absolute Gasteiger partial charge is 0.0740 e. The molecule has 0 unspecified atom stereocenters. The summed E-state index contributed by atoms with van der Waals surface area (Å²) < 4.78 is 1.83. The van der Waals surface area contributed by atoms with Gasteiger partial charge in [0.25, 0.3) is 0 Å². The number of hydrogen-bond acceptors (Lipinski definition) is 3. The molecule has 17 heavy (non-hydrogen) atoms. The van der Waals surface area contributed by atoms with Crippen LogP contribution in [0.5, 0.6) is 0 Å². The van der Waals surface area contributed by atoms with Crippen LogP contribution in [-0.4, -0.2) is 32.8 Å². The van der Waals surface area contributed by atoms with Crippen LogP contribution in [0.25, 0.3) is 0 Å². The topological polar surface area (TPSA) is 47.1 Å². The van der Waals surface area contributed by atoms with Gasteiger partial charge in [-0.3, -0.25) is 9.58 Å². The summed E-state index contributed by atoms with van der Waals surface area (Å²) in [7, 11) is 1.94. The van der Waals surface area contributed by atoms with Crippen LogP contribution in [-0.2, 0) is 13.6 Å². The van der Waals surface area contributed by atoms with E-state index in [9.17, 15) is 0 Å². The van der Waals surface area contributed by atoms with E-state index in [0.29, 0.717) is 10.9 Å². The van der Waals surface area contributed by atoms with Gasteiger partial charge < -0.3 is 5.73 Å². The van der Waals surface area contributed by atoms with Crippen LogP contribution in [0, 0.1) is 5.92 Å². The zero-order valence-corrected chi connectivity index (χ0v) is 11.7. The standard InChI is InChI=1S/C12H22N4S/c1-10(2)7-16(5-4-12(13)17)9-11-6-14-15(3)8-11/h6,8,10H,4-5,7,9H2,1-3H3,(H2,13,17). The van der Waals surface area contributed by atoms with Crippen molar-refractivity contribution in [2.75, 3.05) is 13.1 Å². The summed E-state index contributed by atoms with van der Waals surface area (Å²) in [6.07, 6.45) is 4.74. The summed E-state index contributed by atoms with van der Waals surface area (Å²) in [5.74, 6) is 0.637. The lowest BCUT2D eigenvalue weighted by Crippen LogP contribution is -2.30. The van der Waals surface area contributed by atoms with Gasteiger partial charge in [0.15, 0.2) is 0 Å². The third-order valence-electron chi connectivity index (χ3n) is 2.46. The van der Waals surface area contributed by atoms with Gasteiger partial charge in [0.2, 0.25) is 0 Å². The number of thiocarbonyl (C=S) groups is 1. The predicted molar refractivity (Wildman–Crippen MR) is 74.7 cm³/mol. The van der Waals surface area contributed by atoms with Crippen molar-refractivity contribution in [3.8, 4) is 0 Å². The molecule has 96 valence electrons. The molecule has 0 saturated heterocycles. The average Bonchev–Trinajstić information content (AvgIpc) is 2.59. The Morgan fingerprint density at radius 3 is 2.76 bits per heavy atom. The van der Waals surface area contributed by atoms with E-state index in [4.69, 9.17) is 18.0 Å². The van der Waals surface area contributed by atoms with Crippen LogP contribution < -0.4 is 5.73 Å². The SMILES string of the molecule is CC(C)CN(CCC(N)=S)Cc1cnn(C)c1. The lowest BCUT2D eigenvalue weighted by Gasteiger charge is -2.23. The van der Waals surface area contributed by atoms with E-state index < -0.39 is 0 Å². The minimum absolute atomic E-state index is 0.588. The molecular weight excluding hydrogens is 232 g/mol. The zero-order valence-electron chi connectivity index (χ0n) is 10.9. The molecule has 0 aliphatic carbocycles. The maximum Gasteiger partial charge on any atom is 0.0740 e. The Balaban J connectivity index is 2.53. The van der Waals surface area contributed by atoms with Gasteiger partial charge in [-0.25, -0.2) is 0 Å². The largest absolute Gasteiger partial charge is 0.393 e. The third-order valence-corrected chi connectivity index (χ3v) is 2.67. The summed E-state index contributed by atoms with van der Waals surface area (Å²) >= 11 is 4.93. The Kier molecular flexibility index (Phi) is 5.58. The fourth-order valence-electron chi connectivity index (χ4n) is 1.83. The second-order valence-electron chi connectivity index (χ2n) is 4.87. The molecule has 1 aromatic heterocycles. The molecule has 1 rings (SSSR count). The summed E-state index contributed by atoms with van der Waals surface area (Å²) in [6.45, 7) is 7.32. The van der Waals surface area contributed by atoms with E-state index in [-0.39, 0.29) is 0 Å². The molecule has 5 heteroatoms. The third kappa shape index (κ3) is 5.79. The van der Waals surface area contributed by atoms with Crippen molar-refractivity contribution in [2.45, 2.75) is 26.8 Å². The number of aryl methyl sites for hydroxylation is 1. The van der Waals surface area contributed by atoms with E-state index in [0.717, 1.165) is 26.1 Å². The Labute approximate surface area is 109 Å². The minimum Gasteiger partial charge on any atom is -0.393 e. The van der Waals surface area contributed by atoms with Crippen molar-refractivity contribution in [1.29, 1.82) is 0 Å². The summed E-state index contributed by atoms with van der Waals surface area (Å²) in [5, 5.41) is 4.18. The average molecular weight is 254 g/mol. The number of hydrogen-bond donors (Lipinski definition) is 1. The van der Waals surface area contributed by atoms with E-state index >= 15 is 0 Å². The van der Waals surface area contributed by atoms with Gasteiger partial charge >= 0.3 is 0 Å². The molecule has 0 saturated carbocycles. The second-order valence-corrected chi connectivity index (χ2v) is 5.39. The normalized spacial score (nSPS) is 11.4. The highest BCUT2D eigenvalue weighted by atomic mass is 32.1. The molecule has 0 radical (unpaired) electrons. The summed E-state index contributed by atoms with van der Waals surface area (Å²) in [6, 6.07) is 0. The van der Waals surface area contributed by atoms with Crippen molar-refractivity contribution in [2.24, 2.45) is 18.7 Å². The van der Waals surface area contributed by atoms with Crippen LogP contribution >= 0.6 is 12.2 Å². The first-order valence-electron chi connectivity index (χ1n) is 5.95. The van der Waals surface area contributed by atoms with Gasteiger partial charge in [-0.1, -0.05) is 26.1 Å². The zero-order chi connectivity index (χ0) is 12.8. The molecule has 0 atom stereocenters. The molecule has 1 aromatic rings. The Morgan fingerprint density at radius 1 is 1.59 bits per heavy atom. The molecule has 0 bridgehead atoms. The maximum absolute atomic E-state index is 5.56. The first kappa shape index (κ1) is 14.1. The fourth-order valence-corrected chi connectivity index (χ4v) is 1.92. The fraction of sp³-hybridized carbons (Fsp3) is 0.667. The molecular formula is C12H22N4S. The molecule has 0 fully saturated rings. The van der Waals surface area contributed by atoms with Gasteiger partial charge in [0, 0.05) is 44.9 Å². The van der Waals surface area contributed by atoms with Crippen LogP contribution in [0.1, 0.15) is 25.8 Å². The van der Waals surface area contributed by atoms with E-state index in [1.54, 1.807) is 0 Å². The Morgan fingerprint density at radius 2 is 2.29 bits per heavy atom. The number of aromatic nitrogens is 2. The number of nitrogens with zero attached hydrogens (tertiary/aromatic N) is 3. The molecule has 2 N–H and O–H groups in total. The van der Waals surface area contributed by atoms with E-state index in [2.05, 4.69) is 23.8 Å². The molecule has 1 heterocycles. The first-order chi connectivity index (χ1) is 7.97. The maximum atomic E-state index is 5.56. The van der Waals surface area contributed by atoms with Crippen LogP contribution in [0.3, 0.4) is 0 Å². The second kappa shape index (κ2) is 6.71. The molecule has 0 spiro atoms. The van der Waals surface area contributed by atoms with Crippen LogP contribution in [0.2, 0.25) is 0 Å². The quantitative estimate of drug-likeness (QED) is 0.750. The lowest BCUT2D eigenvalue weighted by molar-refractivity contribution is 0.242. The molecule has 0 aliphatic heterocycles. The van der Waals surface area contributed by atoms with Crippen molar-refractivity contribution in [3.05, 3.63) is 18.0 Å². The Bertz CT molecular complexity index is 359. The predicted octanol–water partition coefficient (Wildman–Crippen LogP) is 1.55. The van der Waals surface area contributed by atoms with Crippen molar-refractivity contribution in [3.63, 3.8) is 0 Å². The van der Waals surface area contributed by atoms with E-state index in [1.165, 1.54) is 5.56 Å². The van der Waals surface area contributed by atoms with Crippen LogP contribution in [0.15, 0.2) is 12.4 Å². The number of rotatable bonds is 7. The highest BCUT2D eigenvalue weighted by Gasteiger charge is 2.09. The van der Waals surface area contributed by atoms with Crippen LogP contribution in [0.4, 0.5) is 0 Å². The summed E-state index contributed by atoms with van der Waals surface area (Å²) in [5.41, 5.74) is 6.79. The van der Waals surface area contributed by atoms with Gasteiger partial charge in [-0.05, 0) is 5.92 Å². The van der Waals surface area contributed by atoms with E-state index in [1.807, 2.05) is 24.1 Å². The molecule has 4 nitrogen and oxygen atoms in total. The van der Waals surface area contributed by atoms with Crippen molar-refractivity contribution >= 4 is 17.2 Å². The van der Waals surface area contributed by atoms with Gasteiger partial charge in [0.1, 0.15) is 0 Å². The highest BCUT2D eigenvalue weighted by Crippen LogP contribution is 2.07. The van der Waals surface area contributed by atoms with Gasteiger partial charge in [-0.2, -0.15) is 5.10 Å². The molecule has 0 amide bonds. The lowest BCUT2D eigenvalue weighted by atomic mass is 10.2. The minimum atomic E-state index is 0.588. The van der Waals surface area contributed by atoms with Crippen molar-refractivity contribution in [1.82, 2.24) is 14.7 Å². The highest BCUT2D eigenvalue weighted by molar-refractivity contribution is 7.80.